The van der Waals surface area contributed by atoms with E-state index in [2.05, 4.69) is 16.2 Å². The number of amides is 3. The molecule has 222 valence electrons. The lowest BCUT2D eigenvalue weighted by Crippen LogP contribution is -2.57. The van der Waals surface area contributed by atoms with Crippen molar-refractivity contribution in [1.82, 2.24) is 4.98 Å². The minimum absolute atomic E-state index is 0.0755. The van der Waals surface area contributed by atoms with Gasteiger partial charge in [0.05, 0.1) is 0 Å². The molecular weight excluding hydrogens is 548 g/mol. The highest BCUT2D eigenvalue weighted by atomic mass is 19.2. The quantitative estimate of drug-likeness (QED) is 0.235. The van der Waals surface area contributed by atoms with Gasteiger partial charge in [-0.1, -0.05) is 53.4 Å². The number of nitrogens with zero attached hydrogens (tertiary/aromatic N) is 1. The first-order valence-corrected chi connectivity index (χ1v) is 12.4. The van der Waals surface area contributed by atoms with Crippen LogP contribution in [0.25, 0.3) is 0 Å². The first-order chi connectivity index (χ1) is 18.8. The normalized spacial score (nSPS) is 12.5. The SMILES string of the molecule is CC(C)(C)C(CC[C@H](OC(N)=O)C(=O)Nc1ccc(C#Cc2c(F)c(F)nc(F)c2F)cc1)(OC(N)=O)C(C)(C)C. The Morgan fingerprint density at radius 2 is 1.39 bits per heavy atom. The Bertz CT molecular complexity index is 1330. The van der Waals surface area contributed by atoms with Crippen LogP contribution in [0.4, 0.5) is 32.8 Å². The average molecular weight is 581 g/mol. The molecule has 1 atom stereocenters. The Balaban J connectivity index is 2.27. The molecule has 0 spiro atoms. The molecule has 0 saturated carbocycles. The van der Waals surface area contributed by atoms with E-state index in [0.717, 1.165) is 0 Å². The van der Waals surface area contributed by atoms with Crippen molar-refractivity contribution in [2.75, 3.05) is 5.32 Å². The van der Waals surface area contributed by atoms with Gasteiger partial charge in [-0.25, -0.2) is 18.4 Å². The summed E-state index contributed by atoms with van der Waals surface area (Å²) >= 11 is 0. The number of nitrogens with two attached hydrogens (primary N) is 2. The molecule has 3 amide bonds. The maximum atomic E-state index is 13.8. The molecule has 0 aliphatic carbocycles. The molecule has 0 radical (unpaired) electrons. The highest BCUT2D eigenvalue weighted by Gasteiger charge is 2.54. The summed E-state index contributed by atoms with van der Waals surface area (Å²) in [4.78, 5) is 39.0. The monoisotopic (exact) mass is 580 g/mol. The van der Waals surface area contributed by atoms with E-state index in [1.54, 1.807) is 0 Å². The van der Waals surface area contributed by atoms with Crippen molar-refractivity contribution in [2.45, 2.75) is 66.1 Å². The fraction of sp³-hybridized carbons (Fsp3) is 0.429. The molecule has 0 saturated heterocycles. The molecule has 0 unspecified atom stereocenters. The number of carbonyl (C=O) groups excluding carboxylic acids is 3. The Morgan fingerprint density at radius 3 is 1.83 bits per heavy atom. The molecule has 13 heteroatoms. The molecule has 1 heterocycles. The van der Waals surface area contributed by atoms with Crippen LogP contribution in [0.1, 0.15) is 65.5 Å². The lowest BCUT2D eigenvalue weighted by Gasteiger charge is -2.52. The van der Waals surface area contributed by atoms with Crippen molar-refractivity contribution in [1.29, 1.82) is 0 Å². The van der Waals surface area contributed by atoms with Crippen molar-refractivity contribution in [3.8, 4) is 11.8 Å². The van der Waals surface area contributed by atoms with Gasteiger partial charge in [-0.15, -0.1) is 0 Å². The van der Waals surface area contributed by atoms with E-state index in [1.165, 1.54) is 24.3 Å². The third kappa shape index (κ3) is 7.87. The number of aromatic nitrogens is 1. The minimum Gasteiger partial charge on any atom is -0.442 e. The van der Waals surface area contributed by atoms with Crippen molar-refractivity contribution in [3.63, 3.8) is 0 Å². The van der Waals surface area contributed by atoms with Crippen LogP contribution in [0.5, 0.6) is 0 Å². The number of hydrogen-bond acceptors (Lipinski definition) is 6. The Labute approximate surface area is 235 Å². The van der Waals surface area contributed by atoms with E-state index >= 15 is 0 Å². The van der Waals surface area contributed by atoms with Gasteiger partial charge in [0.25, 0.3) is 17.8 Å². The van der Waals surface area contributed by atoms with Gasteiger partial charge in [0, 0.05) is 22.1 Å². The van der Waals surface area contributed by atoms with Crippen molar-refractivity contribution in [2.24, 2.45) is 22.3 Å². The molecule has 2 aromatic rings. The van der Waals surface area contributed by atoms with Gasteiger partial charge in [-0.05, 0) is 37.1 Å². The molecule has 0 aliphatic heterocycles. The highest BCUT2D eigenvalue weighted by Crippen LogP contribution is 2.50. The summed E-state index contributed by atoms with van der Waals surface area (Å²) in [6.45, 7) is 11.1. The average Bonchev–Trinajstić information content (AvgIpc) is 2.83. The molecule has 0 aliphatic rings. The number of anilines is 1. The maximum Gasteiger partial charge on any atom is 0.405 e. The van der Waals surface area contributed by atoms with Crippen molar-refractivity contribution in [3.05, 3.63) is 58.9 Å². The fourth-order valence-corrected chi connectivity index (χ4v) is 4.71. The van der Waals surface area contributed by atoms with Crippen molar-refractivity contribution < 1.29 is 41.4 Å². The summed E-state index contributed by atoms with van der Waals surface area (Å²) in [5, 5.41) is 2.56. The smallest absolute Gasteiger partial charge is 0.405 e. The standard InChI is InChI=1S/C28H32F4N4O5/c1-26(2,3)28(27(4,5)6,41-25(34)39)14-13-18(40-24(33)38)23(37)35-16-10-7-15(8-11-16)9-12-17-19(29)21(31)36-22(32)20(17)30/h7-8,10-11,18H,13-14H2,1-6H3,(H2,33,38)(H2,34,39)(H,35,37)/t18-/m0/s1. The molecule has 1 aromatic carbocycles. The van der Waals surface area contributed by atoms with Gasteiger partial charge in [-0.3, -0.25) is 4.79 Å². The highest BCUT2D eigenvalue weighted by molar-refractivity contribution is 5.95. The van der Waals surface area contributed by atoms with Crippen LogP contribution in [0.15, 0.2) is 24.3 Å². The van der Waals surface area contributed by atoms with Crippen LogP contribution in [-0.4, -0.2) is 34.8 Å². The van der Waals surface area contributed by atoms with Crippen LogP contribution in [0, 0.1) is 46.2 Å². The van der Waals surface area contributed by atoms with E-state index < -0.39 is 69.7 Å². The Morgan fingerprint density at radius 1 is 0.878 bits per heavy atom. The van der Waals surface area contributed by atoms with E-state index in [9.17, 15) is 31.9 Å². The summed E-state index contributed by atoms with van der Waals surface area (Å²) in [6, 6.07) is 5.49. The fourth-order valence-electron chi connectivity index (χ4n) is 4.71. The molecule has 41 heavy (non-hydrogen) atoms. The molecule has 5 N–H and O–H groups in total. The van der Waals surface area contributed by atoms with Crippen LogP contribution < -0.4 is 16.8 Å². The van der Waals surface area contributed by atoms with E-state index in [4.69, 9.17) is 20.9 Å². The molecular formula is C28H32F4N4O5. The third-order valence-corrected chi connectivity index (χ3v) is 6.49. The zero-order chi connectivity index (χ0) is 31.3. The Hall–Kier alpha value is -4.34. The number of halogens is 4. The number of pyridine rings is 1. The largest absolute Gasteiger partial charge is 0.442 e. The molecule has 0 bridgehead atoms. The molecule has 0 fully saturated rings. The predicted octanol–water partition coefficient (Wildman–Crippen LogP) is 5.15. The first kappa shape index (κ1) is 32.9. The van der Waals surface area contributed by atoms with Gasteiger partial charge in [-0.2, -0.15) is 13.8 Å². The predicted molar refractivity (Wildman–Crippen MR) is 141 cm³/mol. The number of nitrogens with one attached hydrogen (secondary N) is 1. The lowest BCUT2D eigenvalue weighted by molar-refractivity contribution is -0.149. The zero-order valence-corrected chi connectivity index (χ0v) is 23.5. The van der Waals surface area contributed by atoms with Crippen LogP contribution in [-0.2, 0) is 14.3 Å². The number of carbonyl (C=O) groups is 3. The van der Waals surface area contributed by atoms with Crippen LogP contribution in [0.3, 0.4) is 0 Å². The van der Waals surface area contributed by atoms with E-state index in [-0.39, 0.29) is 24.1 Å². The summed E-state index contributed by atoms with van der Waals surface area (Å²) in [6.07, 6.45) is -3.59. The second-order valence-corrected chi connectivity index (χ2v) is 11.2. The van der Waals surface area contributed by atoms with Gasteiger partial charge in [0.1, 0.15) is 11.2 Å². The topological polar surface area (TPSA) is 147 Å². The summed E-state index contributed by atoms with van der Waals surface area (Å²) in [5.41, 5.74) is 7.40. The first-order valence-electron chi connectivity index (χ1n) is 12.4. The van der Waals surface area contributed by atoms with Gasteiger partial charge < -0.3 is 26.3 Å². The number of primary amides is 2. The minimum atomic E-state index is -1.83. The molecule has 1 aromatic heterocycles. The van der Waals surface area contributed by atoms with Gasteiger partial charge in [0.15, 0.2) is 17.7 Å². The number of ether oxygens (including phenoxy) is 2. The van der Waals surface area contributed by atoms with Crippen LogP contribution >= 0.6 is 0 Å². The number of benzene rings is 1. The molecule has 2 rings (SSSR count). The second-order valence-electron chi connectivity index (χ2n) is 11.2. The van der Waals surface area contributed by atoms with E-state index in [0.29, 0.717) is 0 Å². The van der Waals surface area contributed by atoms with Crippen molar-refractivity contribution >= 4 is 23.8 Å². The number of hydrogen-bond donors (Lipinski definition) is 3. The lowest BCUT2D eigenvalue weighted by atomic mass is 9.60. The Kier molecular flexibility index (Phi) is 9.98. The summed E-state index contributed by atoms with van der Waals surface area (Å²) in [5.74, 6) is -3.48. The van der Waals surface area contributed by atoms with Crippen LogP contribution in [0.2, 0.25) is 0 Å². The summed E-state index contributed by atoms with van der Waals surface area (Å²) in [7, 11) is 0. The summed E-state index contributed by atoms with van der Waals surface area (Å²) < 4.78 is 64.8. The third-order valence-electron chi connectivity index (χ3n) is 6.49. The maximum absolute atomic E-state index is 13.8. The van der Waals surface area contributed by atoms with Gasteiger partial charge in [0.2, 0.25) is 0 Å². The zero-order valence-electron chi connectivity index (χ0n) is 23.5. The molecule has 9 nitrogen and oxygen atoms in total. The second kappa shape index (κ2) is 12.4. The van der Waals surface area contributed by atoms with Gasteiger partial charge >= 0.3 is 12.2 Å². The number of rotatable bonds is 7. The van der Waals surface area contributed by atoms with E-state index in [1.807, 2.05) is 47.5 Å².